The molecule has 0 aliphatic carbocycles. The topological polar surface area (TPSA) is 85.5 Å². The Morgan fingerprint density at radius 3 is 2.71 bits per heavy atom. The molecule has 0 amide bonds. The minimum Gasteiger partial charge on any atom is -0.497 e. The summed E-state index contributed by atoms with van der Waals surface area (Å²) in [5, 5.41) is 8.34. The summed E-state index contributed by atoms with van der Waals surface area (Å²) < 4.78 is 31.5. The highest BCUT2D eigenvalue weighted by Crippen LogP contribution is 2.40. The Kier molecular flexibility index (Phi) is 5.89. The lowest BCUT2D eigenvalue weighted by molar-refractivity contribution is 0.258. The number of aromatic nitrogens is 3. The SMILES string of the molecule is C=C1OCC[C@@H]1N[C@H]1CCN(c2nc3c(F)cc(OC)cc3c(C)c2-c2nc(C)no2)[C@@H](C)C1. The second kappa shape index (κ2) is 8.87. The van der Waals surface area contributed by atoms with Crippen molar-refractivity contribution >= 4 is 16.7 Å². The number of ether oxygens (including phenoxy) is 2. The van der Waals surface area contributed by atoms with Gasteiger partial charge in [-0.15, -0.1) is 0 Å². The predicted octanol–water partition coefficient (Wildman–Crippen LogP) is 4.30. The summed E-state index contributed by atoms with van der Waals surface area (Å²) in [5.41, 5.74) is 1.87. The molecule has 2 aliphatic rings. The van der Waals surface area contributed by atoms with E-state index in [0.717, 1.165) is 42.7 Å². The van der Waals surface area contributed by atoms with Crippen LogP contribution in [0.15, 0.2) is 29.0 Å². The molecule has 2 aromatic heterocycles. The van der Waals surface area contributed by atoms with Crippen molar-refractivity contribution < 1.29 is 18.4 Å². The molecule has 4 heterocycles. The van der Waals surface area contributed by atoms with E-state index in [-0.39, 0.29) is 12.1 Å². The molecular weight excluding hydrogens is 437 g/mol. The van der Waals surface area contributed by atoms with E-state index in [4.69, 9.17) is 19.0 Å². The van der Waals surface area contributed by atoms with Crippen LogP contribution in [0, 0.1) is 19.7 Å². The largest absolute Gasteiger partial charge is 0.497 e. The number of hydrogen-bond acceptors (Lipinski definition) is 8. The van der Waals surface area contributed by atoms with Crippen LogP contribution in [0.1, 0.15) is 37.6 Å². The van der Waals surface area contributed by atoms with Crippen LogP contribution in [0.3, 0.4) is 0 Å². The molecule has 1 N–H and O–H groups in total. The molecule has 34 heavy (non-hydrogen) atoms. The fourth-order valence-electron chi connectivity index (χ4n) is 5.09. The number of methoxy groups -OCH3 is 1. The molecule has 2 fully saturated rings. The van der Waals surface area contributed by atoms with Gasteiger partial charge in [0.1, 0.15) is 22.8 Å². The van der Waals surface area contributed by atoms with E-state index >= 15 is 4.39 Å². The van der Waals surface area contributed by atoms with Crippen molar-refractivity contribution in [1.82, 2.24) is 20.4 Å². The quantitative estimate of drug-likeness (QED) is 0.595. The first-order chi connectivity index (χ1) is 16.4. The predicted molar refractivity (Wildman–Crippen MR) is 127 cm³/mol. The lowest BCUT2D eigenvalue weighted by atomic mass is 9.95. The molecule has 0 spiro atoms. The third kappa shape index (κ3) is 3.98. The van der Waals surface area contributed by atoms with E-state index in [1.54, 1.807) is 13.0 Å². The number of fused-ring (bicyclic) bond motifs is 1. The molecule has 2 aliphatic heterocycles. The number of halogens is 1. The van der Waals surface area contributed by atoms with Gasteiger partial charge in [-0.1, -0.05) is 11.7 Å². The van der Waals surface area contributed by atoms with E-state index in [9.17, 15) is 0 Å². The summed E-state index contributed by atoms with van der Waals surface area (Å²) >= 11 is 0. The van der Waals surface area contributed by atoms with Crippen molar-refractivity contribution in [2.45, 2.75) is 58.2 Å². The van der Waals surface area contributed by atoms with Gasteiger partial charge in [-0.05, 0) is 45.2 Å². The van der Waals surface area contributed by atoms with Crippen molar-refractivity contribution in [2.24, 2.45) is 0 Å². The van der Waals surface area contributed by atoms with Crippen LogP contribution in [0.5, 0.6) is 5.75 Å². The van der Waals surface area contributed by atoms with Gasteiger partial charge in [-0.3, -0.25) is 0 Å². The molecular formula is C25H30FN5O3. The van der Waals surface area contributed by atoms with Crippen LogP contribution in [0.25, 0.3) is 22.4 Å². The maximum absolute atomic E-state index is 15.1. The Balaban J connectivity index is 1.54. The van der Waals surface area contributed by atoms with Gasteiger partial charge in [0, 0.05) is 36.5 Å². The molecule has 0 radical (unpaired) electrons. The average molecular weight is 468 g/mol. The molecule has 0 saturated carbocycles. The van der Waals surface area contributed by atoms with E-state index < -0.39 is 5.82 Å². The highest BCUT2D eigenvalue weighted by Gasteiger charge is 2.33. The average Bonchev–Trinajstić information content (AvgIpc) is 3.42. The Morgan fingerprint density at radius 1 is 1.24 bits per heavy atom. The number of benzene rings is 1. The molecule has 2 saturated heterocycles. The number of anilines is 1. The van der Waals surface area contributed by atoms with Crippen LogP contribution >= 0.6 is 0 Å². The fourth-order valence-corrected chi connectivity index (χ4v) is 5.09. The summed E-state index contributed by atoms with van der Waals surface area (Å²) in [4.78, 5) is 11.5. The smallest absolute Gasteiger partial charge is 0.261 e. The number of aryl methyl sites for hydroxylation is 2. The summed E-state index contributed by atoms with van der Waals surface area (Å²) in [7, 11) is 1.52. The summed E-state index contributed by atoms with van der Waals surface area (Å²) in [5.74, 6) is 2.42. The number of rotatable bonds is 5. The fraction of sp³-hybridized carbons (Fsp3) is 0.480. The molecule has 180 valence electrons. The van der Waals surface area contributed by atoms with Crippen LogP contribution in [-0.2, 0) is 4.74 Å². The molecule has 3 aromatic rings. The molecule has 8 nitrogen and oxygen atoms in total. The van der Waals surface area contributed by atoms with Gasteiger partial charge >= 0.3 is 0 Å². The highest BCUT2D eigenvalue weighted by molar-refractivity contribution is 5.93. The van der Waals surface area contributed by atoms with E-state index in [1.807, 2.05) is 6.92 Å². The first-order valence-electron chi connectivity index (χ1n) is 11.7. The van der Waals surface area contributed by atoms with Crippen LogP contribution in [0.4, 0.5) is 10.2 Å². The van der Waals surface area contributed by atoms with Crippen LogP contribution < -0.4 is 15.0 Å². The minimum absolute atomic E-state index is 0.162. The summed E-state index contributed by atoms with van der Waals surface area (Å²) in [6.45, 7) is 11.4. The van der Waals surface area contributed by atoms with E-state index in [2.05, 4.69) is 33.9 Å². The van der Waals surface area contributed by atoms with Gasteiger partial charge in [0.05, 0.1) is 25.3 Å². The molecule has 0 bridgehead atoms. The maximum atomic E-state index is 15.1. The number of pyridine rings is 1. The van der Waals surface area contributed by atoms with Crippen molar-refractivity contribution in [3.63, 3.8) is 0 Å². The zero-order chi connectivity index (χ0) is 24.0. The molecule has 9 heteroatoms. The summed E-state index contributed by atoms with van der Waals surface area (Å²) in [6, 6.07) is 3.87. The summed E-state index contributed by atoms with van der Waals surface area (Å²) in [6.07, 6.45) is 2.78. The molecule has 1 aromatic carbocycles. The third-order valence-electron chi connectivity index (χ3n) is 6.90. The Bertz CT molecular complexity index is 1240. The van der Waals surface area contributed by atoms with E-state index in [1.165, 1.54) is 13.2 Å². The molecule has 3 atom stereocenters. The van der Waals surface area contributed by atoms with Crippen molar-refractivity contribution in [1.29, 1.82) is 0 Å². The van der Waals surface area contributed by atoms with Crippen LogP contribution in [-0.4, -0.2) is 53.5 Å². The van der Waals surface area contributed by atoms with Gasteiger partial charge in [0.25, 0.3) is 5.89 Å². The van der Waals surface area contributed by atoms with Crippen molar-refractivity contribution in [3.05, 3.63) is 41.7 Å². The Hall–Kier alpha value is -3.20. The van der Waals surface area contributed by atoms with Gasteiger partial charge in [0.15, 0.2) is 11.6 Å². The normalized spacial score (nSPS) is 22.9. The first kappa shape index (κ1) is 22.6. The van der Waals surface area contributed by atoms with Gasteiger partial charge in [0.2, 0.25) is 0 Å². The monoisotopic (exact) mass is 467 g/mol. The van der Waals surface area contributed by atoms with Crippen molar-refractivity contribution in [2.75, 3.05) is 25.2 Å². The lowest BCUT2D eigenvalue weighted by Crippen LogP contribution is -2.50. The number of piperidine rings is 1. The second-order valence-electron chi connectivity index (χ2n) is 9.17. The first-order valence-corrected chi connectivity index (χ1v) is 11.7. The van der Waals surface area contributed by atoms with Crippen LogP contribution in [0.2, 0.25) is 0 Å². The number of nitrogens with one attached hydrogen (secondary N) is 1. The number of nitrogens with zero attached hydrogens (tertiary/aromatic N) is 4. The van der Waals surface area contributed by atoms with Gasteiger partial charge in [-0.2, -0.15) is 4.98 Å². The Labute approximate surface area is 198 Å². The lowest BCUT2D eigenvalue weighted by Gasteiger charge is -2.40. The zero-order valence-corrected chi connectivity index (χ0v) is 20.0. The van der Waals surface area contributed by atoms with Gasteiger partial charge in [-0.25, -0.2) is 9.37 Å². The third-order valence-corrected chi connectivity index (χ3v) is 6.90. The number of hydrogen-bond donors (Lipinski definition) is 1. The highest BCUT2D eigenvalue weighted by atomic mass is 19.1. The van der Waals surface area contributed by atoms with Gasteiger partial charge < -0.3 is 24.2 Å². The second-order valence-corrected chi connectivity index (χ2v) is 9.17. The van der Waals surface area contributed by atoms with Crippen molar-refractivity contribution in [3.8, 4) is 17.2 Å². The molecule has 5 rings (SSSR count). The Morgan fingerprint density at radius 2 is 2.06 bits per heavy atom. The minimum atomic E-state index is -0.420. The standard InChI is InChI=1S/C25H30FN5O3/c1-13-10-17(28-21-7-9-33-15(21)3)6-8-31(13)24-22(25-27-16(4)30-34-25)14(2)19-11-18(32-5)12-20(26)23(19)29-24/h11-13,17,21,28H,3,6-10H2,1-2,4-5H3/t13-,17-,21-/m0/s1. The maximum Gasteiger partial charge on any atom is 0.261 e. The zero-order valence-electron chi connectivity index (χ0n) is 20.0. The molecule has 0 unspecified atom stereocenters. The van der Waals surface area contributed by atoms with E-state index in [0.29, 0.717) is 46.8 Å².